The third-order valence-corrected chi connectivity index (χ3v) is 1.83. The van der Waals surface area contributed by atoms with E-state index in [1.807, 2.05) is 6.92 Å². The van der Waals surface area contributed by atoms with Crippen molar-refractivity contribution in [1.82, 2.24) is 0 Å². The number of rotatable bonds is 7. The molecule has 0 aliphatic heterocycles. The van der Waals surface area contributed by atoms with Gasteiger partial charge in [0.25, 0.3) is 0 Å². The lowest BCUT2D eigenvalue weighted by Gasteiger charge is -2.11. The van der Waals surface area contributed by atoms with Gasteiger partial charge in [-0.05, 0) is 26.2 Å². The van der Waals surface area contributed by atoms with E-state index in [1.54, 1.807) is 0 Å². The minimum Gasteiger partial charge on any atom is -0.469 e. The average Bonchev–Trinajstić information content (AvgIpc) is 2.14. The van der Waals surface area contributed by atoms with Gasteiger partial charge in [0.15, 0.2) is 0 Å². The van der Waals surface area contributed by atoms with Gasteiger partial charge in [-0.2, -0.15) is 0 Å². The molecule has 0 aliphatic carbocycles. The first-order chi connectivity index (χ1) is 6.20. The molecule has 0 radical (unpaired) electrons. The highest BCUT2D eigenvalue weighted by atomic mass is 16.5. The largest absolute Gasteiger partial charge is 0.469 e. The van der Waals surface area contributed by atoms with Gasteiger partial charge in [-0.3, -0.25) is 4.79 Å². The van der Waals surface area contributed by atoms with Crippen LogP contribution in [0, 0.1) is 0 Å². The van der Waals surface area contributed by atoms with Crippen LogP contribution in [-0.2, 0) is 14.3 Å². The molecular formula is C10H20O3. The second-order valence-electron chi connectivity index (χ2n) is 3.15. The van der Waals surface area contributed by atoms with E-state index in [0.717, 1.165) is 25.9 Å². The second-order valence-corrected chi connectivity index (χ2v) is 3.15. The molecule has 0 aromatic heterocycles. The van der Waals surface area contributed by atoms with Crippen molar-refractivity contribution in [1.29, 1.82) is 0 Å². The standard InChI is InChI=1S/C10H20O3/c1-4-8-13-9(2)6-5-7-10(11)12-3/h9H,4-8H2,1-3H3. The average molecular weight is 188 g/mol. The number of esters is 1. The molecule has 0 aliphatic rings. The lowest BCUT2D eigenvalue weighted by molar-refractivity contribution is -0.140. The number of hydrogen-bond acceptors (Lipinski definition) is 3. The van der Waals surface area contributed by atoms with Crippen LogP contribution in [0.2, 0.25) is 0 Å². The van der Waals surface area contributed by atoms with Gasteiger partial charge < -0.3 is 9.47 Å². The third kappa shape index (κ3) is 7.78. The lowest BCUT2D eigenvalue weighted by Crippen LogP contribution is -2.10. The fourth-order valence-corrected chi connectivity index (χ4v) is 1.04. The number of ether oxygens (including phenoxy) is 2. The molecule has 0 rings (SSSR count). The summed E-state index contributed by atoms with van der Waals surface area (Å²) >= 11 is 0. The fraction of sp³-hybridized carbons (Fsp3) is 0.900. The van der Waals surface area contributed by atoms with Gasteiger partial charge in [-0.25, -0.2) is 0 Å². The summed E-state index contributed by atoms with van der Waals surface area (Å²) in [5.74, 6) is -0.136. The first-order valence-electron chi connectivity index (χ1n) is 4.89. The van der Waals surface area contributed by atoms with Gasteiger partial charge in [0, 0.05) is 13.0 Å². The molecule has 0 bridgehead atoms. The molecule has 13 heavy (non-hydrogen) atoms. The lowest BCUT2D eigenvalue weighted by atomic mass is 10.2. The zero-order valence-corrected chi connectivity index (χ0v) is 8.84. The monoisotopic (exact) mass is 188 g/mol. The van der Waals surface area contributed by atoms with E-state index in [0.29, 0.717) is 6.42 Å². The van der Waals surface area contributed by atoms with Crippen LogP contribution < -0.4 is 0 Å². The third-order valence-electron chi connectivity index (χ3n) is 1.83. The molecule has 0 fully saturated rings. The molecule has 0 N–H and O–H groups in total. The Morgan fingerprint density at radius 1 is 1.46 bits per heavy atom. The van der Waals surface area contributed by atoms with Crippen LogP contribution >= 0.6 is 0 Å². The Hall–Kier alpha value is -0.570. The maximum absolute atomic E-state index is 10.7. The van der Waals surface area contributed by atoms with Crippen LogP contribution in [0.5, 0.6) is 0 Å². The smallest absolute Gasteiger partial charge is 0.305 e. The topological polar surface area (TPSA) is 35.5 Å². The summed E-state index contributed by atoms with van der Waals surface area (Å²) in [7, 11) is 1.42. The zero-order chi connectivity index (χ0) is 10.1. The van der Waals surface area contributed by atoms with Gasteiger partial charge in [0.05, 0.1) is 13.2 Å². The predicted molar refractivity (Wildman–Crippen MR) is 51.6 cm³/mol. The fourth-order valence-electron chi connectivity index (χ4n) is 1.04. The zero-order valence-electron chi connectivity index (χ0n) is 8.84. The Morgan fingerprint density at radius 3 is 2.69 bits per heavy atom. The molecule has 0 amide bonds. The van der Waals surface area contributed by atoms with Crippen LogP contribution in [0.25, 0.3) is 0 Å². The van der Waals surface area contributed by atoms with E-state index in [-0.39, 0.29) is 12.1 Å². The van der Waals surface area contributed by atoms with Gasteiger partial charge in [0.1, 0.15) is 0 Å². The molecule has 0 heterocycles. The Balaban J connectivity index is 3.26. The van der Waals surface area contributed by atoms with E-state index >= 15 is 0 Å². The molecular weight excluding hydrogens is 168 g/mol. The van der Waals surface area contributed by atoms with E-state index in [1.165, 1.54) is 7.11 Å². The van der Waals surface area contributed by atoms with Gasteiger partial charge >= 0.3 is 5.97 Å². The van der Waals surface area contributed by atoms with Gasteiger partial charge in [-0.1, -0.05) is 6.92 Å². The van der Waals surface area contributed by atoms with Crippen LogP contribution in [-0.4, -0.2) is 25.8 Å². The van der Waals surface area contributed by atoms with Crippen molar-refractivity contribution in [3.8, 4) is 0 Å². The molecule has 78 valence electrons. The predicted octanol–water partition coefficient (Wildman–Crippen LogP) is 2.14. The summed E-state index contributed by atoms with van der Waals surface area (Å²) < 4.78 is 9.99. The first-order valence-corrected chi connectivity index (χ1v) is 4.89. The van der Waals surface area contributed by atoms with E-state index in [9.17, 15) is 4.79 Å². The van der Waals surface area contributed by atoms with Crippen LogP contribution in [0.4, 0.5) is 0 Å². The molecule has 0 aromatic carbocycles. The van der Waals surface area contributed by atoms with Crippen molar-refractivity contribution in [2.45, 2.75) is 45.6 Å². The van der Waals surface area contributed by atoms with E-state index in [4.69, 9.17) is 4.74 Å². The molecule has 1 atom stereocenters. The number of methoxy groups -OCH3 is 1. The number of carbonyl (C=O) groups excluding carboxylic acids is 1. The molecule has 1 unspecified atom stereocenters. The molecule has 0 saturated carbocycles. The van der Waals surface area contributed by atoms with Crippen molar-refractivity contribution in [3.05, 3.63) is 0 Å². The van der Waals surface area contributed by atoms with Crippen molar-refractivity contribution >= 4 is 5.97 Å². The normalized spacial score (nSPS) is 12.5. The van der Waals surface area contributed by atoms with Crippen LogP contribution in [0.1, 0.15) is 39.5 Å². The molecule has 3 nitrogen and oxygen atoms in total. The van der Waals surface area contributed by atoms with Crippen molar-refractivity contribution in [2.75, 3.05) is 13.7 Å². The van der Waals surface area contributed by atoms with E-state index in [2.05, 4.69) is 11.7 Å². The van der Waals surface area contributed by atoms with Crippen molar-refractivity contribution in [2.24, 2.45) is 0 Å². The Kier molecular flexibility index (Phi) is 7.69. The van der Waals surface area contributed by atoms with Gasteiger partial charge in [0.2, 0.25) is 0 Å². The minimum atomic E-state index is -0.136. The van der Waals surface area contributed by atoms with Crippen LogP contribution in [0.3, 0.4) is 0 Å². The number of hydrogen-bond donors (Lipinski definition) is 0. The van der Waals surface area contributed by atoms with E-state index < -0.39 is 0 Å². The Morgan fingerprint density at radius 2 is 2.15 bits per heavy atom. The van der Waals surface area contributed by atoms with Crippen LogP contribution in [0.15, 0.2) is 0 Å². The molecule has 0 spiro atoms. The molecule has 0 aromatic rings. The quantitative estimate of drug-likeness (QED) is 0.574. The maximum Gasteiger partial charge on any atom is 0.305 e. The summed E-state index contributed by atoms with van der Waals surface area (Å²) in [5, 5.41) is 0. The Labute approximate surface area is 80.4 Å². The molecule has 3 heteroatoms. The summed E-state index contributed by atoms with van der Waals surface area (Å²) in [4.78, 5) is 10.7. The SMILES string of the molecule is CCCOC(C)CCCC(=O)OC. The van der Waals surface area contributed by atoms with Gasteiger partial charge in [-0.15, -0.1) is 0 Å². The minimum absolute atomic E-state index is 0.136. The highest BCUT2D eigenvalue weighted by molar-refractivity contribution is 5.68. The summed E-state index contributed by atoms with van der Waals surface area (Å²) in [5.41, 5.74) is 0. The highest BCUT2D eigenvalue weighted by Crippen LogP contribution is 2.05. The summed E-state index contributed by atoms with van der Waals surface area (Å²) in [6, 6.07) is 0. The summed E-state index contributed by atoms with van der Waals surface area (Å²) in [6.45, 7) is 4.92. The van der Waals surface area contributed by atoms with Crippen molar-refractivity contribution < 1.29 is 14.3 Å². The van der Waals surface area contributed by atoms with Crippen molar-refractivity contribution in [3.63, 3.8) is 0 Å². The maximum atomic E-state index is 10.7. The summed E-state index contributed by atoms with van der Waals surface area (Å²) in [6.07, 6.45) is 3.56. The number of carbonyl (C=O) groups is 1. The molecule has 0 saturated heterocycles. The highest BCUT2D eigenvalue weighted by Gasteiger charge is 2.04. The second kappa shape index (κ2) is 8.05. The first kappa shape index (κ1) is 12.4. The Bertz CT molecular complexity index is 134.